The van der Waals surface area contributed by atoms with E-state index in [0.717, 1.165) is 31.9 Å². The Morgan fingerprint density at radius 3 is 2.56 bits per heavy atom. The molecular formula is C14H21FN2O. The molecule has 3 nitrogen and oxygen atoms in total. The van der Waals surface area contributed by atoms with Gasteiger partial charge in [-0.25, -0.2) is 4.39 Å². The van der Waals surface area contributed by atoms with Crippen LogP contribution in [0, 0.1) is 12.7 Å². The summed E-state index contributed by atoms with van der Waals surface area (Å²) in [5.74, 6) is -0.163. The smallest absolute Gasteiger partial charge is 0.126 e. The molecule has 0 aromatic heterocycles. The van der Waals surface area contributed by atoms with Gasteiger partial charge in [-0.1, -0.05) is 12.1 Å². The van der Waals surface area contributed by atoms with Crippen LogP contribution in [-0.4, -0.2) is 37.2 Å². The normalized spacial score (nSPS) is 20.7. The van der Waals surface area contributed by atoms with Crippen molar-refractivity contribution < 1.29 is 9.13 Å². The van der Waals surface area contributed by atoms with Crippen LogP contribution in [0.25, 0.3) is 0 Å². The largest absolute Gasteiger partial charge is 0.379 e. The van der Waals surface area contributed by atoms with Crippen LogP contribution in [-0.2, 0) is 4.74 Å². The van der Waals surface area contributed by atoms with E-state index in [4.69, 9.17) is 10.5 Å². The molecule has 1 aromatic carbocycles. The molecule has 100 valence electrons. The Balaban J connectivity index is 2.25. The number of hydrogen-bond donors (Lipinski definition) is 1. The van der Waals surface area contributed by atoms with Crippen LogP contribution in [0.4, 0.5) is 4.39 Å². The average Bonchev–Trinajstić information content (AvgIpc) is 2.35. The standard InChI is InChI=1S/C14H21FN2O/c1-10-9-12(3-4-13(10)15)14(11(2)16)17-5-7-18-8-6-17/h3-4,9,11,14H,5-8,16H2,1-2H3. The van der Waals surface area contributed by atoms with Gasteiger partial charge in [0, 0.05) is 25.2 Å². The Hall–Kier alpha value is -0.970. The molecule has 0 spiro atoms. The zero-order chi connectivity index (χ0) is 13.1. The van der Waals surface area contributed by atoms with Crippen LogP contribution in [0.5, 0.6) is 0 Å². The Labute approximate surface area is 108 Å². The molecule has 1 aromatic rings. The number of halogens is 1. The first-order valence-corrected chi connectivity index (χ1v) is 6.43. The zero-order valence-electron chi connectivity index (χ0n) is 11.0. The second kappa shape index (κ2) is 5.78. The van der Waals surface area contributed by atoms with Gasteiger partial charge in [-0.2, -0.15) is 0 Å². The first kappa shape index (κ1) is 13.5. The van der Waals surface area contributed by atoms with Gasteiger partial charge in [0.2, 0.25) is 0 Å². The third-order valence-corrected chi connectivity index (χ3v) is 3.46. The van der Waals surface area contributed by atoms with Gasteiger partial charge in [0.1, 0.15) is 5.82 Å². The predicted molar refractivity (Wildman–Crippen MR) is 69.9 cm³/mol. The molecule has 0 aliphatic carbocycles. The zero-order valence-corrected chi connectivity index (χ0v) is 11.0. The minimum atomic E-state index is -0.163. The van der Waals surface area contributed by atoms with Crippen LogP contribution in [0.15, 0.2) is 18.2 Å². The summed E-state index contributed by atoms with van der Waals surface area (Å²) in [6.45, 7) is 7.02. The number of aryl methyl sites for hydroxylation is 1. The quantitative estimate of drug-likeness (QED) is 0.892. The summed E-state index contributed by atoms with van der Waals surface area (Å²) < 4.78 is 18.7. The van der Waals surface area contributed by atoms with Gasteiger partial charge in [-0.15, -0.1) is 0 Å². The van der Waals surface area contributed by atoms with Gasteiger partial charge in [0.05, 0.1) is 13.2 Å². The van der Waals surface area contributed by atoms with Gasteiger partial charge >= 0.3 is 0 Å². The summed E-state index contributed by atoms with van der Waals surface area (Å²) in [6, 6.07) is 5.41. The van der Waals surface area contributed by atoms with Crippen molar-refractivity contribution in [3.05, 3.63) is 35.1 Å². The molecule has 4 heteroatoms. The van der Waals surface area contributed by atoms with E-state index in [2.05, 4.69) is 4.90 Å². The molecule has 2 unspecified atom stereocenters. The van der Waals surface area contributed by atoms with Crippen molar-refractivity contribution in [3.63, 3.8) is 0 Å². The lowest BCUT2D eigenvalue weighted by molar-refractivity contribution is 0.0116. The van der Waals surface area contributed by atoms with Crippen molar-refractivity contribution in [1.29, 1.82) is 0 Å². The maximum absolute atomic E-state index is 13.3. The number of nitrogens with zero attached hydrogens (tertiary/aromatic N) is 1. The molecule has 0 radical (unpaired) electrons. The molecule has 1 aliphatic heterocycles. The van der Waals surface area contributed by atoms with Crippen molar-refractivity contribution in [1.82, 2.24) is 4.90 Å². The number of ether oxygens (including phenoxy) is 1. The maximum atomic E-state index is 13.3. The highest BCUT2D eigenvalue weighted by atomic mass is 19.1. The summed E-state index contributed by atoms with van der Waals surface area (Å²) in [4.78, 5) is 2.32. The highest BCUT2D eigenvalue weighted by Gasteiger charge is 2.25. The molecule has 2 N–H and O–H groups in total. The van der Waals surface area contributed by atoms with Crippen LogP contribution < -0.4 is 5.73 Å². The van der Waals surface area contributed by atoms with E-state index in [0.29, 0.717) is 5.56 Å². The second-order valence-corrected chi connectivity index (χ2v) is 4.96. The molecule has 1 aliphatic rings. The Bertz CT molecular complexity index is 403. The lowest BCUT2D eigenvalue weighted by Crippen LogP contribution is -2.45. The molecule has 2 rings (SSSR count). The van der Waals surface area contributed by atoms with Crippen molar-refractivity contribution in [2.24, 2.45) is 5.73 Å². The molecule has 2 atom stereocenters. The van der Waals surface area contributed by atoms with Crippen LogP contribution in [0.1, 0.15) is 24.1 Å². The summed E-state index contributed by atoms with van der Waals surface area (Å²) in [5, 5.41) is 0. The van der Waals surface area contributed by atoms with Gasteiger partial charge in [-0.05, 0) is 31.0 Å². The molecule has 0 amide bonds. The second-order valence-electron chi connectivity index (χ2n) is 4.96. The molecular weight excluding hydrogens is 231 g/mol. The topological polar surface area (TPSA) is 38.5 Å². The Morgan fingerprint density at radius 2 is 2.00 bits per heavy atom. The number of morpholine rings is 1. The predicted octanol–water partition coefficient (Wildman–Crippen LogP) is 1.85. The van der Waals surface area contributed by atoms with Crippen LogP contribution >= 0.6 is 0 Å². The molecule has 1 heterocycles. The summed E-state index contributed by atoms with van der Waals surface area (Å²) >= 11 is 0. The molecule has 0 saturated carbocycles. The third-order valence-electron chi connectivity index (χ3n) is 3.46. The van der Waals surface area contributed by atoms with Gasteiger partial charge in [-0.3, -0.25) is 4.90 Å². The maximum Gasteiger partial charge on any atom is 0.126 e. The number of hydrogen-bond acceptors (Lipinski definition) is 3. The molecule has 18 heavy (non-hydrogen) atoms. The summed E-state index contributed by atoms with van der Waals surface area (Å²) in [5.41, 5.74) is 7.87. The number of nitrogens with two attached hydrogens (primary N) is 1. The van der Waals surface area contributed by atoms with Crippen molar-refractivity contribution in [3.8, 4) is 0 Å². The lowest BCUT2D eigenvalue weighted by Gasteiger charge is -2.37. The van der Waals surface area contributed by atoms with E-state index in [1.54, 1.807) is 6.92 Å². The molecule has 0 bridgehead atoms. The monoisotopic (exact) mass is 252 g/mol. The summed E-state index contributed by atoms with van der Waals surface area (Å²) in [7, 11) is 0. The van der Waals surface area contributed by atoms with Gasteiger partial charge < -0.3 is 10.5 Å². The van der Waals surface area contributed by atoms with E-state index in [1.807, 2.05) is 19.1 Å². The molecule has 1 fully saturated rings. The van der Waals surface area contributed by atoms with E-state index < -0.39 is 0 Å². The van der Waals surface area contributed by atoms with Crippen molar-refractivity contribution >= 4 is 0 Å². The van der Waals surface area contributed by atoms with E-state index in [-0.39, 0.29) is 17.9 Å². The summed E-state index contributed by atoms with van der Waals surface area (Å²) in [6.07, 6.45) is 0. The van der Waals surface area contributed by atoms with Gasteiger partial charge in [0.15, 0.2) is 0 Å². The van der Waals surface area contributed by atoms with Crippen molar-refractivity contribution in [2.45, 2.75) is 25.9 Å². The highest BCUT2D eigenvalue weighted by Crippen LogP contribution is 2.25. The Morgan fingerprint density at radius 1 is 1.33 bits per heavy atom. The fourth-order valence-corrected chi connectivity index (χ4v) is 2.55. The van der Waals surface area contributed by atoms with E-state index in [9.17, 15) is 4.39 Å². The number of benzene rings is 1. The van der Waals surface area contributed by atoms with E-state index >= 15 is 0 Å². The van der Waals surface area contributed by atoms with Gasteiger partial charge in [0.25, 0.3) is 0 Å². The SMILES string of the molecule is Cc1cc(C(C(C)N)N2CCOCC2)ccc1F. The van der Waals surface area contributed by atoms with Crippen LogP contribution in [0.3, 0.4) is 0 Å². The van der Waals surface area contributed by atoms with E-state index in [1.165, 1.54) is 6.07 Å². The fourth-order valence-electron chi connectivity index (χ4n) is 2.55. The average molecular weight is 252 g/mol. The first-order chi connectivity index (χ1) is 8.59. The van der Waals surface area contributed by atoms with Crippen molar-refractivity contribution in [2.75, 3.05) is 26.3 Å². The highest BCUT2D eigenvalue weighted by molar-refractivity contribution is 5.27. The lowest BCUT2D eigenvalue weighted by atomic mass is 9.97. The number of rotatable bonds is 3. The fraction of sp³-hybridized carbons (Fsp3) is 0.571. The minimum absolute atomic E-state index is 0.00737. The Kier molecular flexibility index (Phi) is 4.32. The molecule has 1 saturated heterocycles. The third kappa shape index (κ3) is 2.88. The minimum Gasteiger partial charge on any atom is -0.379 e. The van der Waals surface area contributed by atoms with Crippen LogP contribution in [0.2, 0.25) is 0 Å². The first-order valence-electron chi connectivity index (χ1n) is 6.43.